The molecule has 0 saturated heterocycles. The average Bonchev–Trinajstić information content (AvgIpc) is 3.31. The largest absolute Gasteiger partial charge is 0.330 e. The predicted molar refractivity (Wildman–Crippen MR) is 98.7 cm³/mol. The molecule has 1 heterocycles. The van der Waals surface area contributed by atoms with Crippen LogP contribution in [0.2, 0.25) is 0 Å². The smallest absolute Gasteiger partial charge is 0.256 e. The van der Waals surface area contributed by atoms with Crippen LogP contribution in [0.1, 0.15) is 37.8 Å². The molecular weight excluding hydrogens is 315 g/mol. The first kappa shape index (κ1) is 16.0. The third kappa shape index (κ3) is 2.48. The van der Waals surface area contributed by atoms with Gasteiger partial charge in [-0.3, -0.25) is 4.79 Å². The monoisotopic (exact) mass is 336 g/mol. The number of amides is 1. The number of fused-ring (bicyclic) bond motifs is 1. The highest BCUT2D eigenvalue weighted by Crippen LogP contribution is 2.47. The Morgan fingerprint density at radius 2 is 1.84 bits per heavy atom. The summed E-state index contributed by atoms with van der Waals surface area (Å²) < 4.78 is 14.6. The zero-order chi connectivity index (χ0) is 17.8. The molecule has 1 aliphatic heterocycles. The van der Waals surface area contributed by atoms with Gasteiger partial charge in [0.15, 0.2) is 0 Å². The van der Waals surface area contributed by atoms with Gasteiger partial charge in [-0.15, -0.1) is 0 Å². The summed E-state index contributed by atoms with van der Waals surface area (Å²) in [4.78, 5) is 12.1. The molecule has 2 aliphatic rings. The fourth-order valence-electron chi connectivity index (χ4n) is 3.67. The first-order valence-corrected chi connectivity index (χ1v) is 8.59. The molecule has 3 nitrogen and oxygen atoms in total. The molecule has 1 aliphatic carbocycles. The second kappa shape index (κ2) is 5.53. The quantitative estimate of drug-likeness (QED) is 0.824. The molecular formula is C21H21FN2O. The predicted octanol–water partition coefficient (Wildman–Crippen LogP) is 4.23. The van der Waals surface area contributed by atoms with Crippen molar-refractivity contribution in [2.24, 2.45) is 5.73 Å². The van der Waals surface area contributed by atoms with Crippen LogP contribution in [0, 0.1) is 5.82 Å². The van der Waals surface area contributed by atoms with Crippen LogP contribution < -0.4 is 11.1 Å². The first-order valence-electron chi connectivity index (χ1n) is 8.59. The molecule has 1 amide bonds. The van der Waals surface area contributed by atoms with Gasteiger partial charge in [0.25, 0.3) is 5.91 Å². The number of anilines is 1. The number of carbonyl (C=O) groups is 1. The number of allylic oxidation sites excluding steroid dienone is 1. The van der Waals surface area contributed by atoms with Gasteiger partial charge in [0.2, 0.25) is 0 Å². The number of hydrogen-bond donors (Lipinski definition) is 2. The van der Waals surface area contributed by atoms with Gasteiger partial charge in [0.1, 0.15) is 5.82 Å². The summed E-state index contributed by atoms with van der Waals surface area (Å²) in [6, 6.07) is 11.2. The lowest BCUT2D eigenvalue weighted by Crippen LogP contribution is -2.19. The van der Waals surface area contributed by atoms with Crippen LogP contribution in [0.4, 0.5) is 10.1 Å². The Bertz CT molecular complexity index is 904. The Labute approximate surface area is 146 Å². The minimum Gasteiger partial charge on any atom is -0.330 e. The zero-order valence-corrected chi connectivity index (χ0v) is 14.4. The van der Waals surface area contributed by atoms with Crippen molar-refractivity contribution in [2.45, 2.75) is 32.1 Å². The molecule has 0 unspecified atom stereocenters. The second-order valence-corrected chi connectivity index (χ2v) is 7.27. The van der Waals surface area contributed by atoms with Crippen molar-refractivity contribution in [3.05, 3.63) is 58.9 Å². The van der Waals surface area contributed by atoms with Gasteiger partial charge < -0.3 is 11.1 Å². The summed E-state index contributed by atoms with van der Waals surface area (Å²) in [5.41, 5.74) is 11.4. The first-order chi connectivity index (χ1) is 11.9. The average molecular weight is 336 g/mol. The Morgan fingerprint density at radius 3 is 2.40 bits per heavy atom. The second-order valence-electron chi connectivity index (χ2n) is 7.27. The van der Waals surface area contributed by atoms with Crippen LogP contribution in [0.3, 0.4) is 0 Å². The maximum absolute atomic E-state index is 14.6. The highest BCUT2D eigenvalue weighted by molar-refractivity contribution is 6.32. The Morgan fingerprint density at radius 1 is 1.16 bits per heavy atom. The van der Waals surface area contributed by atoms with E-state index in [9.17, 15) is 9.18 Å². The van der Waals surface area contributed by atoms with Gasteiger partial charge in [-0.05, 0) is 49.9 Å². The molecule has 128 valence electrons. The van der Waals surface area contributed by atoms with Gasteiger partial charge in [-0.25, -0.2) is 4.39 Å². The van der Waals surface area contributed by atoms with E-state index in [0.29, 0.717) is 23.4 Å². The SMILES string of the molecule is CC(C)=C1C(=O)Nc2cc(F)c(-c3ccc(C4(CN)CC4)cc3)cc21. The Kier molecular flexibility index (Phi) is 3.55. The molecule has 0 bridgehead atoms. The molecule has 3 N–H and O–H groups in total. The van der Waals surface area contributed by atoms with Crippen LogP contribution in [-0.2, 0) is 10.2 Å². The molecule has 1 fully saturated rings. The Hall–Kier alpha value is -2.46. The van der Waals surface area contributed by atoms with Gasteiger partial charge in [0, 0.05) is 28.7 Å². The molecule has 25 heavy (non-hydrogen) atoms. The van der Waals surface area contributed by atoms with Crippen molar-refractivity contribution in [1.29, 1.82) is 0 Å². The van der Waals surface area contributed by atoms with Gasteiger partial charge in [-0.1, -0.05) is 29.8 Å². The molecule has 0 spiro atoms. The zero-order valence-electron chi connectivity index (χ0n) is 14.4. The fourth-order valence-corrected chi connectivity index (χ4v) is 3.67. The topological polar surface area (TPSA) is 55.1 Å². The minimum atomic E-state index is -0.332. The number of halogens is 1. The molecule has 1 saturated carbocycles. The van der Waals surface area contributed by atoms with Crippen LogP contribution in [-0.4, -0.2) is 12.5 Å². The molecule has 0 radical (unpaired) electrons. The summed E-state index contributed by atoms with van der Waals surface area (Å²) in [7, 11) is 0. The van der Waals surface area contributed by atoms with Crippen LogP contribution >= 0.6 is 0 Å². The van der Waals surface area contributed by atoms with Crippen molar-refractivity contribution in [3.8, 4) is 11.1 Å². The standard InChI is InChI=1S/C21H21FN2O/c1-12(2)19-16-9-15(17(22)10-18(16)24-20(19)25)13-3-5-14(6-4-13)21(11-23)7-8-21/h3-6,9-10H,7-8,11,23H2,1-2H3,(H,24,25). The highest BCUT2D eigenvalue weighted by atomic mass is 19.1. The van der Waals surface area contributed by atoms with Gasteiger partial charge in [0.05, 0.1) is 5.69 Å². The fraction of sp³-hybridized carbons (Fsp3) is 0.286. The van der Waals surface area contributed by atoms with E-state index >= 15 is 0 Å². The number of nitrogens with two attached hydrogens (primary N) is 1. The van der Waals surface area contributed by atoms with E-state index < -0.39 is 0 Å². The van der Waals surface area contributed by atoms with Crippen LogP contribution in [0.5, 0.6) is 0 Å². The lowest BCUT2D eigenvalue weighted by molar-refractivity contribution is -0.110. The van der Waals surface area contributed by atoms with Gasteiger partial charge in [-0.2, -0.15) is 0 Å². The third-order valence-corrected chi connectivity index (χ3v) is 5.40. The molecule has 0 aromatic heterocycles. The minimum absolute atomic E-state index is 0.126. The summed E-state index contributed by atoms with van der Waals surface area (Å²) in [5.74, 6) is -0.498. The molecule has 2 aromatic carbocycles. The summed E-state index contributed by atoms with van der Waals surface area (Å²) in [5, 5.41) is 2.74. The number of nitrogens with one attached hydrogen (secondary N) is 1. The van der Waals surface area contributed by atoms with Crippen LogP contribution in [0.15, 0.2) is 42.0 Å². The third-order valence-electron chi connectivity index (χ3n) is 5.40. The summed E-state index contributed by atoms with van der Waals surface area (Å²) >= 11 is 0. The van der Waals surface area contributed by atoms with Crippen molar-refractivity contribution in [2.75, 3.05) is 11.9 Å². The highest BCUT2D eigenvalue weighted by Gasteiger charge is 2.42. The molecule has 4 rings (SSSR count). The van der Waals surface area contributed by atoms with Crippen molar-refractivity contribution >= 4 is 17.2 Å². The van der Waals surface area contributed by atoms with E-state index in [1.165, 1.54) is 11.6 Å². The van der Waals surface area contributed by atoms with E-state index in [1.54, 1.807) is 6.07 Å². The van der Waals surface area contributed by atoms with Crippen molar-refractivity contribution in [3.63, 3.8) is 0 Å². The van der Waals surface area contributed by atoms with E-state index in [0.717, 1.165) is 29.5 Å². The van der Waals surface area contributed by atoms with E-state index in [1.807, 2.05) is 38.1 Å². The maximum Gasteiger partial charge on any atom is 0.256 e. The number of rotatable bonds is 3. The van der Waals surface area contributed by atoms with E-state index in [2.05, 4.69) is 5.32 Å². The maximum atomic E-state index is 14.6. The normalized spacial score (nSPS) is 17.3. The van der Waals surface area contributed by atoms with E-state index in [-0.39, 0.29) is 17.1 Å². The Balaban J connectivity index is 1.77. The van der Waals surface area contributed by atoms with E-state index in [4.69, 9.17) is 5.73 Å². The molecule has 4 heteroatoms. The number of benzene rings is 2. The molecule has 2 aromatic rings. The number of hydrogen-bond acceptors (Lipinski definition) is 2. The van der Waals surface area contributed by atoms with Crippen molar-refractivity contribution in [1.82, 2.24) is 0 Å². The van der Waals surface area contributed by atoms with Crippen LogP contribution in [0.25, 0.3) is 16.7 Å². The summed E-state index contributed by atoms with van der Waals surface area (Å²) in [6.45, 7) is 4.44. The van der Waals surface area contributed by atoms with Crippen molar-refractivity contribution < 1.29 is 9.18 Å². The molecule has 0 atom stereocenters. The lowest BCUT2D eigenvalue weighted by atomic mass is 9.92. The lowest BCUT2D eigenvalue weighted by Gasteiger charge is -2.14. The summed E-state index contributed by atoms with van der Waals surface area (Å²) in [6.07, 6.45) is 2.24. The number of carbonyl (C=O) groups excluding carboxylic acids is 1. The van der Waals surface area contributed by atoms with Gasteiger partial charge >= 0.3 is 0 Å².